The summed E-state index contributed by atoms with van der Waals surface area (Å²) in [5, 5.41) is 8.67. The lowest BCUT2D eigenvalue weighted by atomic mass is 9.87. The van der Waals surface area contributed by atoms with E-state index in [9.17, 15) is 9.59 Å². The number of ether oxygens (including phenoxy) is 1. The number of amides is 2. The van der Waals surface area contributed by atoms with E-state index in [1.54, 1.807) is 36.4 Å². The van der Waals surface area contributed by atoms with E-state index >= 15 is 0 Å². The molecule has 164 valence electrons. The van der Waals surface area contributed by atoms with Gasteiger partial charge in [0.2, 0.25) is 0 Å². The Morgan fingerprint density at radius 2 is 1.77 bits per heavy atom. The highest BCUT2D eigenvalue weighted by Crippen LogP contribution is 2.22. The minimum Gasteiger partial charge on any atom is -0.376 e. The second kappa shape index (κ2) is 10.0. The number of benzene rings is 2. The zero-order chi connectivity index (χ0) is 22.4. The highest BCUT2D eigenvalue weighted by molar-refractivity contribution is 7.80. The third-order valence-electron chi connectivity index (χ3n) is 5.17. The van der Waals surface area contributed by atoms with Crippen molar-refractivity contribution in [3.05, 3.63) is 65.2 Å². The summed E-state index contributed by atoms with van der Waals surface area (Å²) in [6.07, 6.45) is 2.03. The van der Waals surface area contributed by atoms with E-state index in [-0.39, 0.29) is 28.4 Å². The van der Waals surface area contributed by atoms with Crippen LogP contribution >= 0.6 is 12.2 Å². The van der Waals surface area contributed by atoms with Gasteiger partial charge in [0.1, 0.15) is 0 Å². The molecule has 1 heterocycles. The van der Waals surface area contributed by atoms with Crippen molar-refractivity contribution < 1.29 is 14.3 Å². The third kappa shape index (κ3) is 6.35. The van der Waals surface area contributed by atoms with Gasteiger partial charge in [0.25, 0.3) is 11.8 Å². The molecule has 1 aliphatic heterocycles. The summed E-state index contributed by atoms with van der Waals surface area (Å²) < 4.78 is 5.55. The minimum absolute atomic E-state index is 0.0139. The predicted molar refractivity (Wildman–Crippen MR) is 127 cm³/mol. The number of carbonyl (C=O) groups excluding carboxylic acids is 2. The van der Waals surface area contributed by atoms with Crippen LogP contribution in [-0.2, 0) is 10.2 Å². The number of anilines is 1. The first kappa shape index (κ1) is 22.9. The van der Waals surface area contributed by atoms with Crippen LogP contribution in [0.15, 0.2) is 48.5 Å². The minimum atomic E-state index is -0.307. The van der Waals surface area contributed by atoms with E-state index in [0.717, 1.165) is 25.0 Å². The molecule has 2 amide bonds. The van der Waals surface area contributed by atoms with Crippen LogP contribution in [0, 0.1) is 0 Å². The maximum absolute atomic E-state index is 12.6. The number of para-hydroxylation sites is 1. The zero-order valence-corrected chi connectivity index (χ0v) is 19.0. The molecule has 31 heavy (non-hydrogen) atoms. The van der Waals surface area contributed by atoms with E-state index in [4.69, 9.17) is 17.0 Å². The SMILES string of the molecule is CC(C)(C)c1ccc(C(=O)NC(=S)Nc2ccccc2C(=O)NCC2CCCO2)cc1. The molecule has 6 nitrogen and oxygen atoms in total. The topological polar surface area (TPSA) is 79.5 Å². The van der Waals surface area contributed by atoms with Crippen molar-refractivity contribution >= 4 is 34.8 Å². The normalized spacial score (nSPS) is 15.9. The lowest BCUT2D eigenvalue weighted by Gasteiger charge is -2.19. The van der Waals surface area contributed by atoms with Gasteiger partial charge in [-0.3, -0.25) is 14.9 Å². The van der Waals surface area contributed by atoms with Crippen molar-refractivity contribution in [2.24, 2.45) is 0 Å². The Kier molecular flexibility index (Phi) is 7.41. The molecule has 1 unspecified atom stereocenters. The van der Waals surface area contributed by atoms with E-state index in [2.05, 4.69) is 36.7 Å². The number of thiocarbonyl (C=S) groups is 1. The molecule has 7 heteroatoms. The molecule has 3 rings (SSSR count). The summed E-state index contributed by atoms with van der Waals surface area (Å²) in [5.74, 6) is -0.524. The quantitative estimate of drug-likeness (QED) is 0.613. The highest BCUT2D eigenvalue weighted by atomic mass is 32.1. The Bertz CT molecular complexity index is 945. The summed E-state index contributed by atoms with van der Waals surface area (Å²) in [4.78, 5) is 25.2. The van der Waals surface area contributed by atoms with Crippen molar-refractivity contribution in [3.63, 3.8) is 0 Å². The Balaban J connectivity index is 1.60. The molecule has 3 N–H and O–H groups in total. The van der Waals surface area contributed by atoms with Crippen molar-refractivity contribution in [1.82, 2.24) is 10.6 Å². The van der Waals surface area contributed by atoms with Crippen molar-refractivity contribution in [2.45, 2.75) is 45.1 Å². The lowest BCUT2D eigenvalue weighted by molar-refractivity contribution is 0.0858. The van der Waals surface area contributed by atoms with Crippen LogP contribution in [0.25, 0.3) is 0 Å². The number of nitrogens with one attached hydrogen (secondary N) is 3. The van der Waals surface area contributed by atoms with E-state index < -0.39 is 0 Å². The van der Waals surface area contributed by atoms with Crippen LogP contribution in [0.1, 0.15) is 59.9 Å². The first-order valence-electron chi connectivity index (χ1n) is 10.5. The fourth-order valence-corrected chi connectivity index (χ4v) is 3.55. The van der Waals surface area contributed by atoms with Crippen LogP contribution in [0.5, 0.6) is 0 Å². The van der Waals surface area contributed by atoms with Crippen molar-refractivity contribution in [2.75, 3.05) is 18.5 Å². The number of carbonyl (C=O) groups is 2. The van der Waals surface area contributed by atoms with Gasteiger partial charge < -0.3 is 15.4 Å². The number of rotatable bonds is 5. The average molecular weight is 440 g/mol. The van der Waals surface area contributed by atoms with Gasteiger partial charge in [-0.05, 0) is 60.3 Å². The smallest absolute Gasteiger partial charge is 0.257 e. The van der Waals surface area contributed by atoms with Gasteiger partial charge in [-0.1, -0.05) is 45.0 Å². The average Bonchev–Trinajstić information content (AvgIpc) is 3.25. The predicted octanol–water partition coefficient (Wildman–Crippen LogP) is 4.02. The summed E-state index contributed by atoms with van der Waals surface area (Å²) in [6.45, 7) is 7.57. The van der Waals surface area contributed by atoms with Crippen LogP contribution in [0.4, 0.5) is 5.69 Å². The molecule has 1 fully saturated rings. The van der Waals surface area contributed by atoms with Gasteiger partial charge in [-0.25, -0.2) is 0 Å². The summed E-state index contributed by atoms with van der Waals surface area (Å²) in [6, 6.07) is 14.5. The molecule has 0 saturated carbocycles. The summed E-state index contributed by atoms with van der Waals surface area (Å²) >= 11 is 5.30. The van der Waals surface area contributed by atoms with E-state index in [0.29, 0.717) is 23.4 Å². The van der Waals surface area contributed by atoms with E-state index in [1.165, 1.54) is 0 Å². The van der Waals surface area contributed by atoms with Crippen LogP contribution in [-0.4, -0.2) is 36.2 Å². The first-order chi connectivity index (χ1) is 14.7. The van der Waals surface area contributed by atoms with Crippen molar-refractivity contribution in [3.8, 4) is 0 Å². The fourth-order valence-electron chi connectivity index (χ4n) is 3.35. The molecule has 1 aliphatic rings. The molecule has 0 bridgehead atoms. The Morgan fingerprint density at radius 3 is 2.42 bits per heavy atom. The largest absolute Gasteiger partial charge is 0.376 e. The Labute approximate surface area is 188 Å². The van der Waals surface area contributed by atoms with E-state index in [1.807, 2.05) is 12.1 Å². The standard InChI is InChI=1S/C24H29N3O3S/c1-24(2,3)17-12-10-16(11-13-17)21(28)27-23(31)26-20-9-5-4-8-19(20)22(29)25-15-18-7-6-14-30-18/h4-5,8-13,18H,6-7,14-15H2,1-3H3,(H,25,29)(H2,26,27,28,31). The van der Waals surface area contributed by atoms with Gasteiger partial charge in [-0.15, -0.1) is 0 Å². The van der Waals surface area contributed by atoms with Gasteiger partial charge in [-0.2, -0.15) is 0 Å². The zero-order valence-electron chi connectivity index (χ0n) is 18.2. The Morgan fingerprint density at radius 1 is 1.06 bits per heavy atom. The van der Waals surface area contributed by atoms with Gasteiger partial charge >= 0.3 is 0 Å². The van der Waals surface area contributed by atoms with Gasteiger partial charge in [0.15, 0.2) is 5.11 Å². The number of hydrogen-bond donors (Lipinski definition) is 3. The second-order valence-electron chi connectivity index (χ2n) is 8.63. The van der Waals surface area contributed by atoms with Crippen LogP contribution in [0.2, 0.25) is 0 Å². The molecule has 2 aromatic carbocycles. The van der Waals surface area contributed by atoms with Crippen LogP contribution in [0.3, 0.4) is 0 Å². The molecular weight excluding hydrogens is 410 g/mol. The van der Waals surface area contributed by atoms with Gasteiger partial charge in [0, 0.05) is 18.7 Å². The Hall–Kier alpha value is -2.77. The molecular formula is C24H29N3O3S. The molecule has 0 spiro atoms. The maximum atomic E-state index is 12.6. The van der Waals surface area contributed by atoms with Crippen LogP contribution < -0.4 is 16.0 Å². The molecule has 0 aromatic heterocycles. The lowest BCUT2D eigenvalue weighted by Crippen LogP contribution is -2.36. The number of hydrogen-bond acceptors (Lipinski definition) is 4. The highest BCUT2D eigenvalue weighted by Gasteiger charge is 2.19. The molecule has 1 saturated heterocycles. The molecule has 1 atom stereocenters. The third-order valence-corrected chi connectivity index (χ3v) is 5.38. The summed E-state index contributed by atoms with van der Waals surface area (Å²) in [5.41, 5.74) is 2.65. The van der Waals surface area contributed by atoms with Gasteiger partial charge in [0.05, 0.1) is 17.4 Å². The second-order valence-corrected chi connectivity index (χ2v) is 9.03. The molecule has 0 radical (unpaired) electrons. The summed E-state index contributed by atoms with van der Waals surface area (Å²) in [7, 11) is 0. The van der Waals surface area contributed by atoms with Crippen molar-refractivity contribution in [1.29, 1.82) is 0 Å². The first-order valence-corrected chi connectivity index (χ1v) is 10.9. The molecule has 0 aliphatic carbocycles. The fraction of sp³-hybridized carbons (Fsp3) is 0.375. The molecule has 2 aromatic rings. The monoisotopic (exact) mass is 439 g/mol. The maximum Gasteiger partial charge on any atom is 0.257 e.